The van der Waals surface area contributed by atoms with Crippen LogP contribution in [-0.4, -0.2) is 25.8 Å². The van der Waals surface area contributed by atoms with E-state index in [2.05, 4.69) is 0 Å². The molecule has 1 aromatic carbocycles. The lowest BCUT2D eigenvalue weighted by Crippen LogP contribution is -2.60. The molecule has 0 aliphatic carbocycles. The van der Waals surface area contributed by atoms with Crippen LogP contribution in [0.2, 0.25) is 0 Å². The summed E-state index contributed by atoms with van der Waals surface area (Å²) in [6, 6.07) is 5.99. The average molecular weight is 345 g/mol. The molecule has 1 aliphatic rings. The highest BCUT2D eigenvalue weighted by Gasteiger charge is 2.54. The summed E-state index contributed by atoms with van der Waals surface area (Å²) in [6.07, 6.45) is 1.42. The molecule has 132 valence electrons. The number of aromatic nitrogens is 1. The molecule has 0 radical (unpaired) electrons. The first kappa shape index (κ1) is 17.0. The fraction of sp³-hybridized carbons (Fsp3) is 0.353. The predicted molar refractivity (Wildman–Crippen MR) is 91.7 cm³/mol. The summed E-state index contributed by atoms with van der Waals surface area (Å²) >= 11 is 0. The number of pyridine rings is 1. The third-order valence-electron chi connectivity index (χ3n) is 4.85. The van der Waals surface area contributed by atoms with E-state index in [-0.39, 0.29) is 11.2 Å². The van der Waals surface area contributed by atoms with Gasteiger partial charge in [0.15, 0.2) is 0 Å². The molecule has 2 unspecified atom stereocenters. The standard InChI is InChI=1S/C17H19N3O5/c1-16(2)17(3,22)15(19-9-10(18)4-7-14(19)21)12-8-11(20(23)24)5-6-13(12)25-16/h4-9,15,22H,18H2,1-3H3. The van der Waals surface area contributed by atoms with Gasteiger partial charge in [-0.25, -0.2) is 0 Å². The minimum atomic E-state index is -1.53. The summed E-state index contributed by atoms with van der Waals surface area (Å²) in [7, 11) is 0. The number of anilines is 1. The van der Waals surface area contributed by atoms with Crippen LogP contribution in [0.4, 0.5) is 11.4 Å². The van der Waals surface area contributed by atoms with E-state index in [0.29, 0.717) is 17.0 Å². The van der Waals surface area contributed by atoms with Crippen LogP contribution in [0.5, 0.6) is 5.75 Å². The van der Waals surface area contributed by atoms with E-state index >= 15 is 0 Å². The number of fused-ring (bicyclic) bond motifs is 1. The number of rotatable bonds is 2. The van der Waals surface area contributed by atoms with Gasteiger partial charge in [0.2, 0.25) is 0 Å². The van der Waals surface area contributed by atoms with Gasteiger partial charge in [0.25, 0.3) is 11.2 Å². The van der Waals surface area contributed by atoms with E-state index in [1.807, 2.05) is 0 Å². The van der Waals surface area contributed by atoms with E-state index < -0.39 is 22.2 Å². The number of hydrogen-bond donors (Lipinski definition) is 2. The van der Waals surface area contributed by atoms with Gasteiger partial charge in [0.05, 0.1) is 11.0 Å². The number of nitrogens with two attached hydrogens (primary N) is 1. The van der Waals surface area contributed by atoms with Crippen molar-refractivity contribution < 1.29 is 14.8 Å². The fourth-order valence-electron chi connectivity index (χ4n) is 3.11. The Bertz CT molecular complexity index is 917. The summed E-state index contributed by atoms with van der Waals surface area (Å²) in [5.74, 6) is 0.376. The van der Waals surface area contributed by atoms with Gasteiger partial charge in [-0.15, -0.1) is 0 Å². The number of nitrogen functional groups attached to an aromatic ring is 1. The Balaban J connectivity index is 2.34. The molecule has 8 heteroatoms. The van der Waals surface area contributed by atoms with Crippen molar-refractivity contribution in [3.05, 3.63) is 62.6 Å². The zero-order chi connectivity index (χ0) is 18.6. The highest BCUT2D eigenvalue weighted by atomic mass is 16.6. The van der Waals surface area contributed by atoms with E-state index in [1.54, 1.807) is 13.8 Å². The van der Waals surface area contributed by atoms with Gasteiger partial charge in [0.1, 0.15) is 17.0 Å². The van der Waals surface area contributed by atoms with Crippen LogP contribution in [0.1, 0.15) is 32.4 Å². The number of aliphatic hydroxyl groups is 1. The van der Waals surface area contributed by atoms with Crippen molar-refractivity contribution >= 4 is 11.4 Å². The van der Waals surface area contributed by atoms with Crippen molar-refractivity contribution in [3.8, 4) is 5.75 Å². The number of ether oxygens (including phenoxy) is 1. The quantitative estimate of drug-likeness (QED) is 0.633. The number of nitrogens with zero attached hydrogens (tertiary/aromatic N) is 2. The number of nitro groups is 1. The number of non-ortho nitro benzene ring substituents is 1. The van der Waals surface area contributed by atoms with Crippen LogP contribution in [0, 0.1) is 10.1 Å². The number of hydrogen-bond acceptors (Lipinski definition) is 6. The van der Waals surface area contributed by atoms with Crippen molar-refractivity contribution in [2.45, 2.75) is 38.0 Å². The van der Waals surface area contributed by atoms with Crippen LogP contribution in [0.15, 0.2) is 41.3 Å². The molecule has 2 atom stereocenters. The topological polar surface area (TPSA) is 121 Å². The van der Waals surface area contributed by atoms with Crippen molar-refractivity contribution in [1.82, 2.24) is 4.57 Å². The van der Waals surface area contributed by atoms with Crippen LogP contribution >= 0.6 is 0 Å². The van der Waals surface area contributed by atoms with Gasteiger partial charge in [-0.1, -0.05) is 0 Å². The predicted octanol–water partition coefficient (Wildman–Crippen LogP) is 1.85. The number of benzene rings is 1. The third-order valence-corrected chi connectivity index (χ3v) is 4.85. The fourth-order valence-corrected chi connectivity index (χ4v) is 3.11. The normalized spacial score (nSPS) is 24.2. The van der Waals surface area contributed by atoms with Gasteiger partial charge in [0, 0.05) is 35.6 Å². The molecule has 3 rings (SSSR count). The van der Waals surface area contributed by atoms with E-state index in [1.165, 1.54) is 48.0 Å². The second-order valence-electron chi connectivity index (χ2n) is 6.85. The Morgan fingerprint density at radius 2 is 1.96 bits per heavy atom. The molecule has 0 saturated carbocycles. The molecule has 8 nitrogen and oxygen atoms in total. The molecular weight excluding hydrogens is 326 g/mol. The van der Waals surface area contributed by atoms with Crippen molar-refractivity contribution in [2.24, 2.45) is 0 Å². The number of nitro benzene ring substituents is 1. The first-order chi connectivity index (χ1) is 11.5. The van der Waals surface area contributed by atoms with Crippen molar-refractivity contribution in [1.29, 1.82) is 0 Å². The highest BCUT2D eigenvalue weighted by Crippen LogP contribution is 2.48. The zero-order valence-corrected chi connectivity index (χ0v) is 14.1. The van der Waals surface area contributed by atoms with Crippen LogP contribution in [-0.2, 0) is 0 Å². The molecule has 2 aromatic rings. The minimum Gasteiger partial charge on any atom is -0.484 e. The highest BCUT2D eigenvalue weighted by molar-refractivity contribution is 5.50. The first-order valence-corrected chi connectivity index (χ1v) is 7.72. The van der Waals surface area contributed by atoms with Crippen LogP contribution < -0.4 is 16.0 Å². The van der Waals surface area contributed by atoms with Gasteiger partial charge < -0.3 is 20.1 Å². The molecule has 0 fully saturated rings. The molecule has 2 heterocycles. The van der Waals surface area contributed by atoms with Crippen molar-refractivity contribution in [2.75, 3.05) is 5.73 Å². The molecular formula is C17H19N3O5. The first-order valence-electron chi connectivity index (χ1n) is 7.72. The van der Waals surface area contributed by atoms with Crippen LogP contribution in [0.25, 0.3) is 0 Å². The monoisotopic (exact) mass is 345 g/mol. The zero-order valence-electron chi connectivity index (χ0n) is 14.1. The molecule has 0 saturated heterocycles. The van der Waals surface area contributed by atoms with Gasteiger partial charge in [-0.2, -0.15) is 0 Å². The molecule has 25 heavy (non-hydrogen) atoms. The second kappa shape index (κ2) is 5.32. The molecule has 3 N–H and O–H groups in total. The summed E-state index contributed by atoms with van der Waals surface area (Å²) in [4.78, 5) is 23.0. The second-order valence-corrected chi connectivity index (χ2v) is 6.85. The van der Waals surface area contributed by atoms with Gasteiger partial charge >= 0.3 is 0 Å². The largest absolute Gasteiger partial charge is 0.484 e. The third kappa shape index (κ3) is 2.54. The maximum atomic E-state index is 12.4. The molecule has 1 aliphatic heterocycles. The van der Waals surface area contributed by atoms with Gasteiger partial charge in [-0.05, 0) is 32.9 Å². The Hall–Kier alpha value is -2.87. The Labute approximate surface area is 143 Å². The molecule has 1 aromatic heterocycles. The Morgan fingerprint density at radius 1 is 1.28 bits per heavy atom. The Kier molecular flexibility index (Phi) is 3.61. The van der Waals surface area contributed by atoms with Gasteiger partial charge in [-0.3, -0.25) is 14.9 Å². The molecule has 0 amide bonds. The molecule has 0 spiro atoms. The average Bonchev–Trinajstić information content (AvgIpc) is 2.50. The smallest absolute Gasteiger partial charge is 0.270 e. The van der Waals surface area contributed by atoms with E-state index in [4.69, 9.17) is 10.5 Å². The van der Waals surface area contributed by atoms with Crippen molar-refractivity contribution in [3.63, 3.8) is 0 Å². The lowest BCUT2D eigenvalue weighted by molar-refractivity contribution is -0.385. The molecule has 0 bridgehead atoms. The Morgan fingerprint density at radius 3 is 2.60 bits per heavy atom. The van der Waals surface area contributed by atoms with E-state index in [0.717, 1.165) is 0 Å². The summed E-state index contributed by atoms with van der Waals surface area (Å²) in [6.45, 7) is 4.93. The maximum absolute atomic E-state index is 12.4. The lowest BCUT2D eigenvalue weighted by Gasteiger charge is -2.49. The summed E-state index contributed by atoms with van der Waals surface area (Å²) < 4.78 is 7.17. The summed E-state index contributed by atoms with van der Waals surface area (Å²) in [5, 5.41) is 22.4. The lowest BCUT2D eigenvalue weighted by atomic mass is 9.75. The van der Waals surface area contributed by atoms with E-state index in [9.17, 15) is 20.0 Å². The van der Waals surface area contributed by atoms with Crippen LogP contribution in [0.3, 0.4) is 0 Å². The minimum absolute atomic E-state index is 0.153. The SMILES string of the molecule is CC1(C)Oc2ccc([N+](=O)[O-])cc2C(n2cc(N)ccc2=O)C1(C)O. The maximum Gasteiger partial charge on any atom is 0.270 e. The summed E-state index contributed by atoms with van der Waals surface area (Å²) in [5.41, 5.74) is 3.38.